The van der Waals surface area contributed by atoms with E-state index in [4.69, 9.17) is 0 Å². The number of nitrogens with one attached hydrogen (secondary N) is 1. The summed E-state index contributed by atoms with van der Waals surface area (Å²) in [5.41, 5.74) is 0. The maximum atomic E-state index is 12.1. The minimum atomic E-state index is -0.372. The van der Waals surface area contributed by atoms with Crippen molar-refractivity contribution in [2.24, 2.45) is 5.92 Å². The standard InChI is InChI=1S/C12H21N3O2/c1-8-6-14(3)5-4-10(8)15-7-11(16)13-9(2)12(15)17/h8-10H,4-7H2,1-3H3,(H,13,16). The third kappa shape index (κ3) is 2.44. The zero-order valence-corrected chi connectivity index (χ0v) is 10.8. The average molecular weight is 239 g/mol. The molecule has 5 heteroatoms. The minimum absolute atomic E-state index is 0.0387. The van der Waals surface area contributed by atoms with E-state index >= 15 is 0 Å². The van der Waals surface area contributed by atoms with Gasteiger partial charge in [-0.3, -0.25) is 9.59 Å². The Kier molecular flexibility index (Phi) is 3.38. The highest BCUT2D eigenvalue weighted by molar-refractivity contribution is 5.94. The quantitative estimate of drug-likeness (QED) is 0.682. The number of carbonyl (C=O) groups excluding carboxylic acids is 2. The predicted octanol–water partition coefficient (Wildman–Crippen LogP) is -0.326. The van der Waals surface area contributed by atoms with Crippen molar-refractivity contribution in [2.75, 3.05) is 26.7 Å². The molecule has 17 heavy (non-hydrogen) atoms. The van der Waals surface area contributed by atoms with Crippen LogP contribution in [0.4, 0.5) is 0 Å². The number of piperidine rings is 1. The van der Waals surface area contributed by atoms with Gasteiger partial charge in [0.25, 0.3) is 0 Å². The summed E-state index contributed by atoms with van der Waals surface area (Å²) in [4.78, 5) is 27.7. The molecular formula is C12H21N3O2. The van der Waals surface area contributed by atoms with Gasteiger partial charge in [-0.2, -0.15) is 0 Å². The molecule has 0 saturated carbocycles. The maximum absolute atomic E-state index is 12.1. The molecule has 0 aliphatic carbocycles. The summed E-state index contributed by atoms with van der Waals surface area (Å²) in [6.07, 6.45) is 0.962. The molecule has 5 nitrogen and oxygen atoms in total. The average Bonchev–Trinajstić information content (AvgIpc) is 2.24. The summed E-state index contributed by atoms with van der Waals surface area (Å²) in [5.74, 6) is 0.449. The highest BCUT2D eigenvalue weighted by Gasteiger charge is 2.38. The lowest BCUT2D eigenvalue weighted by molar-refractivity contribution is -0.148. The lowest BCUT2D eigenvalue weighted by Crippen LogP contribution is -2.62. The van der Waals surface area contributed by atoms with Crippen LogP contribution in [0.2, 0.25) is 0 Å². The van der Waals surface area contributed by atoms with E-state index in [0.717, 1.165) is 19.5 Å². The van der Waals surface area contributed by atoms with Crippen LogP contribution in [0, 0.1) is 5.92 Å². The van der Waals surface area contributed by atoms with Gasteiger partial charge in [-0.15, -0.1) is 0 Å². The Hall–Kier alpha value is -1.10. The molecule has 0 aromatic rings. The van der Waals surface area contributed by atoms with Gasteiger partial charge in [0.1, 0.15) is 6.04 Å². The van der Waals surface area contributed by atoms with Crippen molar-refractivity contribution in [3.05, 3.63) is 0 Å². The first-order valence-corrected chi connectivity index (χ1v) is 6.27. The Morgan fingerprint density at radius 2 is 2.00 bits per heavy atom. The first-order valence-electron chi connectivity index (χ1n) is 6.27. The molecule has 0 radical (unpaired) electrons. The van der Waals surface area contributed by atoms with Crippen molar-refractivity contribution < 1.29 is 9.59 Å². The van der Waals surface area contributed by atoms with Gasteiger partial charge in [-0.25, -0.2) is 0 Å². The number of rotatable bonds is 1. The Labute approximate surface area is 102 Å². The third-order valence-corrected chi connectivity index (χ3v) is 3.81. The van der Waals surface area contributed by atoms with Gasteiger partial charge in [0.15, 0.2) is 0 Å². The van der Waals surface area contributed by atoms with Crippen LogP contribution in [-0.2, 0) is 9.59 Å². The van der Waals surface area contributed by atoms with Gasteiger partial charge in [0, 0.05) is 12.6 Å². The van der Waals surface area contributed by atoms with Crippen molar-refractivity contribution in [1.29, 1.82) is 0 Å². The fraction of sp³-hybridized carbons (Fsp3) is 0.833. The number of piperazine rings is 1. The molecule has 2 rings (SSSR count). The van der Waals surface area contributed by atoms with E-state index in [1.54, 1.807) is 11.8 Å². The van der Waals surface area contributed by atoms with E-state index in [0.29, 0.717) is 5.92 Å². The van der Waals surface area contributed by atoms with Crippen LogP contribution in [0.25, 0.3) is 0 Å². The second-order valence-corrected chi connectivity index (χ2v) is 5.35. The van der Waals surface area contributed by atoms with Crippen LogP contribution in [0.15, 0.2) is 0 Å². The normalized spacial score (nSPS) is 35.9. The molecule has 2 amide bonds. The summed E-state index contributed by atoms with van der Waals surface area (Å²) in [7, 11) is 2.10. The molecule has 0 bridgehead atoms. The van der Waals surface area contributed by atoms with Crippen LogP contribution in [0.1, 0.15) is 20.3 Å². The Morgan fingerprint density at radius 1 is 1.29 bits per heavy atom. The molecule has 1 N–H and O–H groups in total. The smallest absolute Gasteiger partial charge is 0.245 e. The van der Waals surface area contributed by atoms with Crippen LogP contribution < -0.4 is 5.32 Å². The number of likely N-dealkylation sites (tertiary alicyclic amines) is 1. The van der Waals surface area contributed by atoms with E-state index < -0.39 is 0 Å². The summed E-state index contributed by atoms with van der Waals surface area (Å²) < 4.78 is 0. The molecule has 0 aromatic carbocycles. The van der Waals surface area contributed by atoms with Crippen LogP contribution in [-0.4, -0.2) is 60.4 Å². The zero-order chi connectivity index (χ0) is 12.6. The van der Waals surface area contributed by atoms with Crippen molar-refractivity contribution in [2.45, 2.75) is 32.4 Å². The molecule has 2 fully saturated rings. The molecule has 2 saturated heterocycles. The highest BCUT2D eigenvalue weighted by atomic mass is 16.2. The van der Waals surface area contributed by atoms with Crippen molar-refractivity contribution in [3.63, 3.8) is 0 Å². The van der Waals surface area contributed by atoms with Gasteiger partial charge < -0.3 is 15.1 Å². The monoisotopic (exact) mass is 239 g/mol. The lowest BCUT2D eigenvalue weighted by Gasteiger charge is -2.44. The minimum Gasteiger partial charge on any atom is -0.343 e. The largest absolute Gasteiger partial charge is 0.343 e. The molecule has 2 aliphatic heterocycles. The zero-order valence-electron chi connectivity index (χ0n) is 10.8. The predicted molar refractivity (Wildman–Crippen MR) is 64.4 cm³/mol. The van der Waals surface area contributed by atoms with Crippen molar-refractivity contribution in [3.8, 4) is 0 Å². The van der Waals surface area contributed by atoms with E-state index in [9.17, 15) is 9.59 Å². The van der Waals surface area contributed by atoms with Crippen LogP contribution in [0.5, 0.6) is 0 Å². The first kappa shape index (κ1) is 12.4. The molecule has 96 valence electrons. The molecule has 0 spiro atoms. The van der Waals surface area contributed by atoms with Crippen molar-refractivity contribution in [1.82, 2.24) is 15.1 Å². The number of nitrogens with zero attached hydrogens (tertiary/aromatic N) is 2. The maximum Gasteiger partial charge on any atom is 0.245 e. The van der Waals surface area contributed by atoms with Gasteiger partial charge in [-0.05, 0) is 32.9 Å². The Balaban J connectivity index is 2.10. The molecular weight excluding hydrogens is 218 g/mol. The summed E-state index contributed by atoms with van der Waals surface area (Å²) in [5, 5.41) is 2.68. The molecule has 0 aromatic heterocycles. The summed E-state index contributed by atoms with van der Waals surface area (Å²) in [6.45, 7) is 6.12. The van der Waals surface area contributed by atoms with Crippen LogP contribution >= 0.6 is 0 Å². The summed E-state index contributed by atoms with van der Waals surface area (Å²) in [6, 6.07) is -0.157. The molecule has 3 atom stereocenters. The second-order valence-electron chi connectivity index (χ2n) is 5.35. The van der Waals surface area contributed by atoms with E-state index in [1.165, 1.54) is 0 Å². The van der Waals surface area contributed by atoms with Crippen molar-refractivity contribution >= 4 is 11.8 Å². The first-order chi connectivity index (χ1) is 7.99. The van der Waals surface area contributed by atoms with E-state index in [2.05, 4.69) is 24.2 Å². The molecule has 2 heterocycles. The Morgan fingerprint density at radius 3 is 2.65 bits per heavy atom. The van der Waals surface area contributed by atoms with Gasteiger partial charge in [0.2, 0.25) is 11.8 Å². The topological polar surface area (TPSA) is 52.7 Å². The van der Waals surface area contributed by atoms with Crippen LogP contribution in [0.3, 0.4) is 0 Å². The lowest BCUT2D eigenvalue weighted by atomic mass is 9.91. The van der Waals surface area contributed by atoms with E-state index in [1.807, 2.05) is 0 Å². The second kappa shape index (κ2) is 4.64. The highest BCUT2D eigenvalue weighted by Crippen LogP contribution is 2.23. The number of amides is 2. The fourth-order valence-electron chi connectivity index (χ4n) is 2.92. The molecule has 3 unspecified atom stereocenters. The number of hydrogen-bond acceptors (Lipinski definition) is 3. The number of hydrogen-bond donors (Lipinski definition) is 1. The van der Waals surface area contributed by atoms with Gasteiger partial charge in [0.05, 0.1) is 6.54 Å². The number of carbonyl (C=O) groups is 2. The SMILES string of the molecule is CC1NC(=O)CN(C2CCN(C)CC2C)C1=O. The summed E-state index contributed by atoms with van der Waals surface area (Å²) >= 11 is 0. The fourth-order valence-corrected chi connectivity index (χ4v) is 2.92. The van der Waals surface area contributed by atoms with Gasteiger partial charge >= 0.3 is 0 Å². The Bertz CT molecular complexity index is 332. The van der Waals surface area contributed by atoms with E-state index in [-0.39, 0.29) is 30.4 Å². The molecule has 2 aliphatic rings. The third-order valence-electron chi connectivity index (χ3n) is 3.81. The van der Waals surface area contributed by atoms with Gasteiger partial charge in [-0.1, -0.05) is 6.92 Å².